The Morgan fingerprint density at radius 3 is 2.14 bits per heavy atom. The lowest BCUT2D eigenvalue weighted by atomic mass is 10.1. The van der Waals surface area contributed by atoms with Gasteiger partial charge >= 0.3 is 0 Å². The third-order valence-corrected chi connectivity index (χ3v) is 6.30. The van der Waals surface area contributed by atoms with Gasteiger partial charge in [0.05, 0.1) is 4.90 Å². The van der Waals surface area contributed by atoms with Crippen LogP contribution in [-0.2, 0) is 10.0 Å². The molecular weight excluding hydrogens is 392 g/mol. The summed E-state index contributed by atoms with van der Waals surface area (Å²) >= 11 is 1.54. The first kappa shape index (κ1) is 20.0. The standard InChI is InChI=1S/C21H20N2O3S2/c1-15-5-3-4-6-20(15)22-21(24)16-7-9-17(10-8-16)23-28(25,26)19-13-11-18(27-2)12-14-19/h3-14,23H,1-2H3,(H,22,24). The highest BCUT2D eigenvalue weighted by Crippen LogP contribution is 2.21. The SMILES string of the molecule is CSc1ccc(S(=O)(=O)Nc2ccc(C(=O)Nc3ccccc3C)cc2)cc1. The fraction of sp³-hybridized carbons (Fsp3) is 0.0952. The third kappa shape index (κ3) is 4.74. The van der Waals surface area contributed by atoms with Gasteiger partial charge in [-0.05, 0) is 73.3 Å². The topological polar surface area (TPSA) is 75.3 Å². The van der Waals surface area contributed by atoms with E-state index in [0.29, 0.717) is 11.3 Å². The van der Waals surface area contributed by atoms with E-state index >= 15 is 0 Å². The second-order valence-electron chi connectivity index (χ2n) is 6.13. The van der Waals surface area contributed by atoms with E-state index in [9.17, 15) is 13.2 Å². The minimum Gasteiger partial charge on any atom is -0.322 e. The van der Waals surface area contributed by atoms with Crippen LogP contribution in [0.4, 0.5) is 11.4 Å². The number of benzene rings is 3. The van der Waals surface area contributed by atoms with Crippen molar-refractivity contribution in [2.24, 2.45) is 0 Å². The zero-order valence-corrected chi connectivity index (χ0v) is 17.1. The number of hydrogen-bond donors (Lipinski definition) is 2. The Kier molecular flexibility index (Phi) is 6.06. The van der Waals surface area contributed by atoms with Crippen molar-refractivity contribution < 1.29 is 13.2 Å². The van der Waals surface area contributed by atoms with Crippen molar-refractivity contribution in [3.63, 3.8) is 0 Å². The van der Waals surface area contributed by atoms with Crippen molar-refractivity contribution in [3.8, 4) is 0 Å². The molecule has 2 N–H and O–H groups in total. The molecule has 3 rings (SSSR count). The molecule has 0 aromatic heterocycles. The lowest BCUT2D eigenvalue weighted by Crippen LogP contribution is -2.14. The third-order valence-electron chi connectivity index (χ3n) is 4.16. The minimum absolute atomic E-state index is 0.187. The molecule has 0 saturated heterocycles. The molecule has 0 spiro atoms. The molecule has 0 unspecified atom stereocenters. The van der Waals surface area contributed by atoms with Crippen molar-refractivity contribution in [2.75, 3.05) is 16.3 Å². The Morgan fingerprint density at radius 2 is 1.54 bits per heavy atom. The molecule has 0 bridgehead atoms. The summed E-state index contributed by atoms with van der Waals surface area (Å²) < 4.78 is 27.5. The van der Waals surface area contributed by atoms with Crippen molar-refractivity contribution in [1.82, 2.24) is 0 Å². The van der Waals surface area contributed by atoms with E-state index in [1.807, 2.05) is 37.4 Å². The molecular formula is C21H20N2O3S2. The first-order chi connectivity index (χ1) is 13.4. The van der Waals surface area contributed by atoms with Gasteiger partial charge in [0.2, 0.25) is 0 Å². The Morgan fingerprint density at radius 1 is 0.893 bits per heavy atom. The monoisotopic (exact) mass is 412 g/mol. The Bertz CT molecular complexity index is 1080. The fourth-order valence-electron chi connectivity index (χ4n) is 2.57. The van der Waals surface area contributed by atoms with E-state index in [1.54, 1.807) is 60.3 Å². The van der Waals surface area contributed by atoms with Gasteiger partial charge in [-0.15, -0.1) is 11.8 Å². The van der Waals surface area contributed by atoms with Gasteiger partial charge in [0.25, 0.3) is 15.9 Å². The molecule has 0 saturated carbocycles. The predicted molar refractivity (Wildman–Crippen MR) is 115 cm³/mol. The highest BCUT2D eigenvalue weighted by Gasteiger charge is 2.14. The number of aryl methyl sites for hydroxylation is 1. The van der Waals surface area contributed by atoms with E-state index in [-0.39, 0.29) is 10.8 Å². The number of thioether (sulfide) groups is 1. The van der Waals surface area contributed by atoms with Crippen LogP contribution < -0.4 is 10.0 Å². The summed E-state index contributed by atoms with van der Waals surface area (Å²) in [7, 11) is -3.69. The number of carbonyl (C=O) groups is 1. The normalized spacial score (nSPS) is 11.1. The van der Waals surface area contributed by atoms with Crippen LogP contribution in [0.3, 0.4) is 0 Å². The average molecular weight is 413 g/mol. The summed E-state index contributed by atoms with van der Waals surface area (Å²) in [6.07, 6.45) is 1.93. The summed E-state index contributed by atoms with van der Waals surface area (Å²) in [6, 6.07) is 20.5. The molecule has 0 aliphatic rings. The summed E-state index contributed by atoms with van der Waals surface area (Å²) in [6.45, 7) is 1.92. The molecule has 144 valence electrons. The summed E-state index contributed by atoms with van der Waals surface area (Å²) in [5.41, 5.74) is 2.54. The van der Waals surface area contributed by atoms with E-state index < -0.39 is 10.0 Å². The van der Waals surface area contributed by atoms with Crippen molar-refractivity contribution >= 4 is 39.1 Å². The molecule has 3 aromatic carbocycles. The lowest BCUT2D eigenvalue weighted by Gasteiger charge is -2.10. The summed E-state index contributed by atoms with van der Waals surface area (Å²) in [5.74, 6) is -0.253. The van der Waals surface area contributed by atoms with Gasteiger partial charge < -0.3 is 5.32 Å². The highest BCUT2D eigenvalue weighted by atomic mass is 32.2. The van der Waals surface area contributed by atoms with Gasteiger partial charge in [-0.25, -0.2) is 8.42 Å². The van der Waals surface area contributed by atoms with E-state index in [1.165, 1.54) is 0 Å². The molecule has 0 fully saturated rings. The molecule has 0 aliphatic heterocycles. The maximum atomic E-state index is 12.5. The first-order valence-corrected chi connectivity index (χ1v) is 11.2. The van der Waals surface area contributed by atoms with Crippen LogP contribution in [0.2, 0.25) is 0 Å². The lowest BCUT2D eigenvalue weighted by molar-refractivity contribution is 0.102. The quantitative estimate of drug-likeness (QED) is 0.572. The second-order valence-corrected chi connectivity index (χ2v) is 8.69. The van der Waals surface area contributed by atoms with Crippen LogP contribution in [0.25, 0.3) is 0 Å². The van der Waals surface area contributed by atoms with Crippen LogP contribution in [0, 0.1) is 6.92 Å². The molecule has 0 aliphatic carbocycles. The highest BCUT2D eigenvalue weighted by molar-refractivity contribution is 7.98. The molecule has 0 radical (unpaired) electrons. The van der Waals surface area contributed by atoms with Crippen molar-refractivity contribution in [2.45, 2.75) is 16.7 Å². The number of sulfonamides is 1. The zero-order valence-electron chi connectivity index (χ0n) is 15.5. The van der Waals surface area contributed by atoms with Gasteiger partial charge in [0, 0.05) is 21.8 Å². The molecule has 0 atom stereocenters. The van der Waals surface area contributed by atoms with Crippen LogP contribution in [0.1, 0.15) is 15.9 Å². The Hall–Kier alpha value is -2.77. The number of nitrogens with one attached hydrogen (secondary N) is 2. The predicted octanol–water partition coefficient (Wildman–Crippen LogP) is 4.77. The van der Waals surface area contributed by atoms with Gasteiger partial charge in [-0.2, -0.15) is 0 Å². The number of para-hydroxylation sites is 1. The van der Waals surface area contributed by atoms with Crippen molar-refractivity contribution in [1.29, 1.82) is 0 Å². The average Bonchev–Trinajstić information content (AvgIpc) is 2.70. The molecule has 28 heavy (non-hydrogen) atoms. The number of amides is 1. The van der Waals surface area contributed by atoms with Crippen LogP contribution in [0.15, 0.2) is 82.6 Å². The number of rotatable bonds is 6. The van der Waals surface area contributed by atoms with Crippen LogP contribution in [-0.4, -0.2) is 20.6 Å². The zero-order chi connectivity index (χ0) is 20.1. The summed E-state index contributed by atoms with van der Waals surface area (Å²) in [5, 5.41) is 2.85. The Balaban J connectivity index is 1.71. The Labute approximate surface area is 169 Å². The van der Waals surface area contributed by atoms with Gasteiger partial charge in [0.15, 0.2) is 0 Å². The molecule has 5 nitrogen and oxygen atoms in total. The number of anilines is 2. The van der Waals surface area contributed by atoms with E-state index in [2.05, 4.69) is 10.0 Å². The van der Waals surface area contributed by atoms with Crippen LogP contribution in [0.5, 0.6) is 0 Å². The largest absolute Gasteiger partial charge is 0.322 e. The molecule has 0 heterocycles. The summed E-state index contributed by atoms with van der Waals surface area (Å²) in [4.78, 5) is 13.6. The maximum Gasteiger partial charge on any atom is 0.261 e. The number of carbonyl (C=O) groups excluding carboxylic acids is 1. The molecule has 7 heteroatoms. The second kappa shape index (κ2) is 8.50. The smallest absolute Gasteiger partial charge is 0.261 e. The molecule has 3 aromatic rings. The number of hydrogen-bond acceptors (Lipinski definition) is 4. The van der Waals surface area contributed by atoms with E-state index in [0.717, 1.165) is 16.1 Å². The first-order valence-electron chi connectivity index (χ1n) is 8.53. The fourth-order valence-corrected chi connectivity index (χ4v) is 4.03. The molecule has 1 amide bonds. The van der Waals surface area contributed by atoms with Crippen LogP contribution >= 0.6 is 11.8 Å². The van der Waals surface area contributed by atoms with Crippen molar-refractivity contribution in [3.05, 3.63) is 83.9 Å². The van der Waals surface area contributed by atoms with E-state index in [4.69, 9.17) is 0 Å². The van der Waals surface area contributed by atoms with Gasteiger partial charge in [0.1, 0.15) is 0 Å². The maximum absolute atomic E-state index is 12.5. The van der Waals surface area contributed by atoms with Gasteiger partial charge in [-0.3, -0.25) is 9.52 Å². The van der Waals surface area contributed by atoms with Gasteiger partial charge in [-0.1, -0.05) is 18.2 Å². The minimum atomic E-state index is -3.69.